The van der Waals surface area contributed by atoms with Crippen LogP contribution in [-0.4, -0.2) is 21.5 Å². The van der Waals surface area contributed by atoms with E-state index in [1.165, 1.54) is 11.1 Å². The van der Waals surface area contributed by atoms with E-state index in [1.54, 1.807) is 0 Å². The van der Waals surface area contributed by atoms with Crippen molar-refractivity contribution >= 4 is 0 Å². The summed E-state index contributed by atoms with van der Waals surface area (Å²) >= 11 is 0. The first-order valence-corrected chi connectivity index (χ1v) is 6.93. The fraction of sp³-hybridized carbons (Fsp3) is 0.533. The zero-order chi connectivity index (χ0) is 14.7. The van der Waals surface area contributed by atoms with Gasteiger partial charge in [0.05, 0.1) is 18.8 Å². The van der Waals surface area contributed by atoms with Gasteiger partial charge in [0.2, 0.25) is 0 Å². The molecule has 0 amide bonds. The Morgan fingerprint density at radius 2 is 2.00 bits per heavy atom. The molecule has 0 saturated heterocycles. The molecule has 2 aromatic rings. The topological polar surface area (TPSA) is 63.2 Å². The van der Waals surface area contributed by atoms with Gasteiger partial charge in [-0.3, -0.25) is 4.68 Å². The zero-order valence-electron chi connectivity index (χ0n) is 12.7. The third kappa shape index (κ3) is 3.11. The minimum absolute atomic E-state index is 0.113. The van der Waals surface area contributed by atoms with Gasteiger partial charge in [0.15, 0.2) is 0 Å². The number of hydrogen-bond donors (Lipinski definition) is 2. The van der Waals surface area contributed by atoms with Crippen molar-refractivity contribution in [3.63, 3.8) is 0 Å². The molecule has 20 heavy (non-hydrogen) atoms. The number of furan rings is 1. The molecule has 0 aliphatic heterocycles. The van der Waals surface area contributed by atoms with Crippen LogP contribution in [0.15, 0.2) is 10.5 Å². The minimum atomic E-state index is 0.113. The molecule has 0 unspecified atom stereocenters. The molecule has 5 nitrogen and oxygen atoms in total. The van der Waals surface area contributed by atoms with Crippen molar-refractivity contribution in [3.05, 3.63) is 40.1 Å². The molecule has 0 aliphatic rings. The molecular weight excluding hydrogens is 254 g/mol. The van der Waals surface area contributed by atoms with Crippen LogP contribution in [-0.2, 0) is 19.6 Å². The Morgan fingerprint density at radius 3 is 2.60 bits per heavy atom. The molecule has 2 aromatic heterocycles. The Morgan fingerprint density at radius 1 is 1.25 bits per heavy atom. The molecule has 0 atom stereocenters. The van der Waals surface area contributed by atoms with Crippen LogP contribution >= 0.6 is 0 Å². The standard InChI is InChI=1S/C15H23N3O2/c1-10-7-14(13(4)20-10)8-16-9-15-11(2)17-18(5-6-19)12(15)3/h7,16,19H,5-6,8-9H2,1-4H3. The summed E-state index contributed by atoms with van der Waals surface area (Å²) in [6.45, 7) is 10.2. The molecule has 2 N–H and O–H groups in total. The molecule has 0 aromatic carbocycles. The van der Waals surface area contributed by atoms with Crippen molar-refractivity contribution in [2.24, 2.45) is 0 Å². The molecule has 110 valence electrons. The third-order valence-corrected chi connectivity index (χ3v) is 3.60. The van der Waals surface area contributed by atoms with E-state index in [1.807, 2.05) is 32.4 Å². The zero-order valence-corrected chi connectivity index (χ0v) is 12.7. The Balaban J connectivity index is 1.99. The second-order valence-electron chi connectivity index (χ2n) is 5.14. The van der Waals surface area contributed by atoms with Crippen LogP contribution in [0.2, 0.25) is 0 Å². The van der Waals surface area contributed by atoms with E-state index in [4.69, 9.17) is 9.52 Å². The Hall–Kier alpha value is -1.59. The van der Waals surface area contributed by atoms with Crippen LogP contribution in [0.5, 0.6) is 0 Å². The Bertz CT molecular complexity index is 584. The first-order valence-electron chi connectivity index (χ1n) is 6.93. The monoisotopic (exact) mass is 277 g/mol. The number of nitrogens with zero attached hydrogens (tertiary/aromatic N) is 2. The van der Waals surface area contributed by atoms with E-state index >= 15 is 0 Å². The summed E-state index contributed by atoms with van der Waals surface area (Å²) in [6.07, 6.45) is 0. The number of hydrogen-bond acceptors (Lipinski definition) is 4. The van der Waals surface area contributed by atoms with E-state index in [9.17, 15) is 0 Å². The van der Waals surface area contributed by atoms with E-state index in [0.717, 1.165) is 36.0 Å². The predicted octanol–water partition coefficient (Wildman–Crippen LogP) is 1.99. The fourth-order valence-electron chi connectivity index (χ4n) is 2.48. The summed E-state index contributed by atoms with van der Waals surface area (Å²) in [5, 5.41) is 16.9. The number of aliphatic hydroxyl groups excluding tert-OH is 1. The Kier molecular flexibility index (Phi) is 4.62. The van der Waals surface area contributed by atoms with E-state index < -0.39 is 0 Å². The number of rotatable bonds is 6. The molecule has 0 radical (unpaired) electrons. The van der Waals surface area contributed by atoms with Gasteiger partial charge in [-0.05, 0) is 33.8 Å². The SMILES string of the molecule is Cc1cc(CNCc2c(C)nn(CCO)c2C)c(C)o1. The molecule has 0 fully saturated rings. The summed E-state index contributed by atoms with van der Waals surface area (Å²) in [7, 11) is 0. The summed E-state index contributed by atoms with van der Waals surface area (Å²) in [4.78, 5) is 0. The molecular formula is C15H23N3O2. The number of aliphatic hydroxyl groups is 1. The van der Waals surface area contributed by atoms with Crippen LogP contribution in [0.1, 0.15) is 34.0 Å². The lowest BCUT2D eigenvalue weighted by Gasteiger charge is -2.05. The van der Waals surface area contributed by atoms with Crippen LogP contribution in [0.4, 0.5) is 0 Å². The molecule has 0 bridgehead atoms. The average Bonchev–Trinajstić information content (AvgIpc) is 2.83. The smallest absolute Gasteiger partial charge is 0.105 e. The fourth-order valence-corrected chi connectivity index (χ4v) is 2.48. The highest BCUT2D eigenvalue weighted by Crippen LogP contribution is 2.15. The van der Waals surface area contributed by atoms with E-state index in [-0.39, 0.29) is 6.61 Å². The Labute approximate surface area is 119 Å². The lowest BCUT2D eigenvalue weighted by molar-refractivity contribution is 0.267. The maximum absolute atomic E-state index is 9.02. The molecule has 0 spiro atoms. The first-order chi connectivity index (χ1) is 9.52. The highest BCUT2D eigenvalue weighted by molar-refractivity contribution is 5.25. The molecule has 0 saturated carbocycles. The van der Waals surface area contributed by atoms with Gasteiger partial charge in [0.1, 0.15) is 11.5 Å². The van der Waals surface area contributed by atoms with Gasteiger partial charge in [0.25, 0.3) is 0 Å². The van der Waals surface area contributed by atoms with E-state index in [2.05, 4.69) is 16.5 Å². The van der Waals surface area contributed by atoms with Gasteiger partial charge in [-0.2, -0.15) is 5.10 Å². The van der Waals surface area contributed by atoms with Crippen LogP contribution < -0.4 is 5.32 Å². The van der Waals surface area contributed by atoms with Gasteiger partial charge < -0.3 is 14.8 Å². The van der Waals surface area contributed by atoms with Gasteiger partial charge in [-0.1, -0.05) is 0 Å². The van der Waals surface area contributed by atoms with Crippen LogP contribution in [0, 0.1) is 27.7 Å². The largest absolute Gasteiger partial charge is 0.466 e. The van der Waals surface area contributed by atoms with Crippen molar-refractivity contribution < 1.29 is 9.52 Å². The van der Waals surface area contributed by atoms with Crippen LogP contribution in [0.25, 0.3) is 0 Å². The van der Waals surface area contributed by atoms with E-state index in [0.29, 0.717) is 6.54 Å². The molecule has 2 heterocycles. The number of aryl methyl sites for hydroxylation is 3. The lowest BCUT2D eigenvalue weighted by Crippen LogP contribution is -2.14. The first kappa shape index (κ1) is 14.8. The predicted molar refractivity (Wildman–Crippen MR) is 77.5 cm³/mol. The highest BCUT2D eigenvalue weighted by Gasteiger charge is 2.11. The molecule has 2 rings (SSSR count). The van der Waals surface area contributed by atoms with Gasteiger partial charge >= 0.3 is 0 Å². The quantitative estimate of drug-likeness (QED) is 0.847. The van der Waals surface area contributed by atoms with Crippen LogP contribution in [0.3, 0.4) is 0 Å². The average molecular weight is 277 g/mol. The lowest BCUT2D eigenvalue weighted by atomic mass is 10.2. The number of nitrogens with one attached hydrogen (secondary N) is 1. The van der Waals surface area contributed by atoms with Crippen molar-refractivity contribution in [1.82, 2.24) is 15.1 Å². The minimum Gasteiger partial charge on any atom is -0.466 e. The maximum atomic E-state index is 9.02. The van der Waals surface area contributed by atoms with Crippen molar-refractivity contribution in [2.45, 2.75) is 47.3 Å². The summed E-state index contributed by atoms with van der Waals surface area (Å²) in [5.74, 6) is 1.92. The summed E-state index contributed by atoms with van der Waals surface area (Å²) in [5.41, 5.74) is 4.53. The number of aromatic nitrogens is 2. The molecule has 0 aliphatic carbocycles. The van der Waals surface area contributed by atoms with Gasteiger partial charge in [-0.15, -0.1) is 0 Å². The van der Waals surface area contributed by atoms with Crippen molar-refractivity contribution in [1.29, 1.82) is 0 Å². The van der Waals surface area contributed by atoms with Gasteiger partial charge in [0, 0.05) is 29.9 Å². The van der Waals surface area contributed by atoms with Crippen molar-refractivity contribution in [3.8, 4) is 0 Å². The summed E-state index contributed by atoms with van der Waals surface area (Å²) < 4.78 is 7.38. The van der Waals surface area contributed by atoms with Gasteiger partial charge in [-0.25, -0.2) is 0 Å². The second-order valence-corrected chi connectivity index (χ2v) is 5.14. The van der Waals surface area contributed by atoms with Crippen molar-refractivity contribution in [2.75, 3.05) is 6.61 Å². The maximum Gasteiger partial charge on any atom is 0.105 e. The molecule has 5 heteroatoms. The second kappa shape index (κ2) is 6.24. The third-order valence-electron chi connectivity index (χ3n) is 3.60. The highest BCUT2D eigenvalue weighted by atomic mass is 16.3. The summed E-state index contributed by atoms with van der Waals surface area (Å²) in [6, 6.07) is 2.07. The normalized spacial score (nSPS) is 11.2.